The normalized spacial score (nSPS) is 24.3. The van der Waals surface area contributed by atoms with Gasteiger partial charge in [0.2, 0.25) is 5.91 Å². The molecule has 0 radical (unpaired) electrons. The van der Waals surface area contributed by atoms with Crippen LogP contribution in [0.4, 0.5) is 0 Å². The van der Waals surface area contributed by atoms with E-state index >= 15 is 0 Å². The van der Waals surface area contributed by atoms with Crippen molar-refractivity contribution in [3.05, 3.63) is 35.9 Å². The number of β-amino-alcohol motifs (C(OH)–C–C–N with tert-alkyl or cyclic N) is 1. The molecule has 0 spiro atoms. The van der Waals surface area contributed by atoms with Gasteiger partial charge in [0.25, 0.3) is 5.91 Å². The van der Waals surface area contributed by atoms with Gasteiger partial charge in [0.15, 0.2) is 0 Å². The van der Waals surface area contributed by atoms with Crippen LogP contribution in [0.3, 0.4) is 0 Å². The van der Waals surface area contributed by atoms with E-state index in [1.54, 1.807) is 29.2 Å². The van der Waals surface area contributed by atoms with Crippen molar-refractivity contribution in [3.8, 4) is 0 Å². The minimum Gasteiger partial charge on any atom is -0.388 e. The van der Waals surface area contributed by atoms with Gasteiger partial charge in [0, 0.05) is 38.3 Å². The van der Waals surface area contributed by atoms with Crippen LogP contribution in [0.25, 0.3) is 0 Å². The molecular formula is C20H29N3O4. The molecule has 7 heteroatoms. The van der Waals surface area contributed by atoms with Crippen molar-refractivity contribution in [1.29, 1.82) is 0 Å². The Balaban J connectivity index is 1.46. The molecule has 1 unspecified atom stereocenters. The standard InChI is InChI=1S/C20H29N3O4/c24-18(15-21-19(25)17-5-2-1-3-6-17)23-9-4-7-20(26,8-10-23)16-22-11-13-27-14-12-22/h1-3,5-6,26H,4,7-16H2,(H,21,25). The van der Waals surface area contributed by atoms with E-state index in [2.05, 4.69) is 10.2 Å². The molecule has 148 valence electrons. The van der Waals surface area contributed by atoms with Gasteiger partial charge in [0.1, 0.15) is 0 Å². The van der Waals surface area contributed by atoms with Gasteiger partial charge in [-0.05, 0) is 31.4 Å². The summed E-state index contributed by atoms with van der Waals surface area (Å²) in [5.74, 6) is -0.350. The fourth-order valence-corrected chi connectivity index (χ4v) is 3.72. The molecule has 1 aromatic carbocycles. The van der Waals surface area contributed by atoms with Gasteiger partial charge >= 0.3 is 0 Å². The molecule has 2 fully saturated rings. The zero-order valence-corrected chi connectivity index (χ0v) is 15.7. The average Bonchev–Trinajstić information content (AvgIpc) is 2.89. The maximum absolute atomic E-state index is 12.5. The number of nitrogens with zero attached hydrogens (tertiary/aromatic N) is 2. The van der Waals surface area contributed by atoms with Gasteiger partial charge in [-0.2, -0.15) is 0 Å². The van der Waals surface area contributed by atoms with Crippen LogP contribution in [-0.4, -0.2) is 84.8 Å². The summed E-state index contributed by atoms with van der Waals surface area (Å²) in [6.07, 6.45) is 2.01. The van der Waals surface area contributed by atoms with E-state index in [1.807, 2.05) is 6.07 Å². The first-order valence-electron chi connectivity index (χ1n) is 9.69. The summed E-state index contributed by atoms with van der Waals surface area (Å²) in [6, 6.07) is 8.87. The van der Waals surface area contributed by atoms with Crippen LogP contribution in [0.1, 0.15) is 29.6 Å². The molecule has 0 bridgehead atoms. The number of likely N-dealkylation sites (tertiary alicyclic amines) is 1. The second-order valence-corrected chi connectivity index (χ2v) is 7.40. The molecule has 2 saturated heterocycles. The molecule has 0 aromatic heterocycles. The lowest BCUT2D eigenvalue weighted by Gasteiger charge is -2.35. The summed E-state index contributed by atoms with van der Waals surface area (Å²) < 4.78 is 5.36. The van der Waals surface area contributed by atoms with Gasteiger partial charge in [0.05, 0.1) is 25.4 Å². The number of rotatable bonds is 5. The van der Waals surface area contributed by atoms with E-state index in [-0.39, 0.29) is 18.4 Å². The smallest absolute Gasteiger partial charge is 0.251 e. The van der Waals surface area contributed by atoms with Crippen molar-refractivity contribution in [1.82, 2.24) is 15.1 Å². The summed E-state index contributed by atoms with van der Waals surface area (Å²) in [5.41, 5.74) is -0.222. The predicted molar refractivity (Wildman–Crippen MR) is 101 cm³/mol. The van der Waals surface area contributed by atoms with E-state index < -0.39 is 5.60 Å². The summed E-state index contributed by atoms with van der Waals surface area (Å²) in [5, 5.41) is 13.7. The molecule has 2 amide bonds. The molecule has 2 heterocycles. The maximum Gasteiger partial charge on any atom is 0.251 e. The van der Waals surface area contributed by atoms with E-state index in [1.165, 1.54) is 0 Å². The predicted octanol–water partition coefficient (Wildman–Crippen LogP) is 0.492. The second-order valence-electron chi connectivity index (χ2n) is 7.40. The Morgan fingerprint density at radius 2 is 1.81 bits per heavy atom. The van der Waals surface area contributed by atoms with Gasteiger partial charge in [-0.3, -0.25) is 14.5 Å². The number of ether oxygens (including phenoxy) is 1. The minimum atomic E-state index is -0.764. The lowest BCUT2D eigenvalue weighted by molar-refractivity contribution is -0.130. The number of carbonyl (C=O) groups is 2. The van der Waals surface area contributed by atoms with Gasteiger partial charge in [-0.25, -0.2) is 0 Å². The van der Waals surface area contributed by atoms with Crippen LogP contribution in [-0.2, 0) is 9.53 Å². The van der Waals surface area contributed by atoms with Crippen molar-refractivity contribution in [2.75, 3.05) is 52.5 Å². The topological polar surface area (TPSA) is 82.1 Å². The lowest BCUT2D eigenvalue weighted by Crippen LogP contribution is -2.48. The van der Waals surface area contributed by atoms with Crippen molar-refractivity contribution < 1.29 is 19.4 Å². The number of hydrogen-bond donors (Lipinski definition) is 2. The molecule has 0 aliphatic carbocycles. The molecular weight excluding hydrogens is 346 g/mol. The fraction of sp³-hybridized carbons (Fsp3) is 0.600. The third-order valence-corrected chi connectivity index (χ3v) is 5.33. The van der Waals surface area contributed by atoms with Crippen LogP contribution in [0.2, 0.25) is 0 Å². The Hall–Kier alpha value is -1.96. The van der Waals surface area contributed by atoms with Crippen molar-refractivity contribution >= 4 is 11.8 Å². The number of aliphatic hydroxyl groups is 1. The lowest BCUT2D eigenvalue weighted by atomic mass is 9.94. The third kappa shape index (κ3) is 5.76. The molecule has 1 atom stereocenters. The molecule has 2 aliphatic rings. The highest BCUT2D eigenvalue weighted by molar-refractivity contribution is 5.96. The highest BCUT2D eigenvalue weighted by atomic mass is 16.5. The van der Waals surface area contributed by atoms with E-state index in [0.29, 0.717) is 51.3 Å². The molecule has 1 aromatic rings. The number of benzene rings is 1. The third-order valence-electron chi connectivity index (χ3n) is 5.33. The van der Waals surface area contributed by atoms with Gasteiger partial charge in [-0.15, -0.1) is 0 Å². The first kappa shape index (κ1) is 19.8. The highest BCUT2D eigenvalue weighted by Gasteiger charge is 2.33. The van der Waals surface area contributed by atoms with Crippen molar-refractivity contribution in [2.45, 2.75) is 24.9 Å². The quantitative estimate of drug-likeness (QED) is 0.783. The zero-order chi connectivity index (χ0) is 19.1. The van der Waals surface area contributed by atoms with Crippen LogP contribution in [0.5, 0.6) is 0 Å². The first-order chi connectivity index (χ1) is 13.1. The largest absolute Gasteiger partial charge is 0.388 e. The Labute approximate surface area is 160 Å². The maximum atomic E-state index is 12.5. The van der Waals surface area contributed by atoms with Gasteiger partial charge < -0.3 is 20.1 Å². The van der Waals surface area contributed by atoms with E-state index in [4.69, 9.17) is 4.74 Å². The summed E-state index contributed by atoms with van der Waals surface area (Å²) in [6.45, 7) is 4.85. The van der Waals surface area contributed by atoms with E-state index in [9.17, 15) is 14.7 Å². The Morgan fingerprint density at radius 3 is 2.56 bits per heavy atom. The summed E-state index contributed by atoms with van der Waals surface area (Å²) >= 11 is 0. The monoisotopic (exact) mass is 375 g/mol. The molecule has 0 saturated carbocycles. The zero-order valence-electron chi connectivity index (χ0n) is 15.7. The Bertz CT molecular complexity index is 633. The van der Waals surface area contributed by atoms with E-state index in [0.717, 1.165) is 19.5 Å². The molecule has 27 heavy (non-hydrogen) atoms. The van der Waals surface area contributed by atoms with Crippen LogP contribution in [0.15, 0.2) is 30.3 Å². The van der Waals surface area contributed by atoms with Crippen molar-refractivity contribution in [3.63, 3.8) is 0 Å². The van der Waals surface area contributed by atoms with Crippen LogP contribution in [0, 0.1) is 0 Å². The number of amides is 2. The number of carbonyl (C=O) groups excluding carboxylic acids is 2. The SMILES string of the molecule is O=C(NCC(=O)N1CCCC(O)(CN2CCOCC2)CC1)c1ccccc1. The molecule has 2 N–H and O–H groups in total. The highest BCUT2D eigenvalue weighted by Crippen LogP contribution is 2.24. The Kier molecular flexibility index (Phi) is 6.82. The number of hydrogen-bond acceptors (Lipinski definition) is 5. The fourth-order valence-electron chi connectivity index (χ4n) is 3.72. The molecule has 7 nitrogen and oxygen atoms in total. The van der Waals surface area contributed by atoms with Crippen LogP contribution < -0.4 is 5.32 Å². The molecule has 3 rings (SSSR count). The first-order valence-corrected chi connectivity index (χ1v) is 9.69. The van der Waals surface area contributed by atoms with Crippen LogP contribution >= 0.6 is 0 Å². The number of morpholine rings is 1. The Morgan fingerprint density at radius 1 is 1.07 bits per heavy atom. The summed E-state index contributed by atoms with van der Waals surface area (Å²) in [7, 11) is 0. The van der Waals surface area contributed by atoms with Gasteiger partial charge in [-0.1, -0.05) is 18.2 Å². The minimum absolute atomic E-state index is 0.0182. The molecule has 2 aliphatic heterocycles. The van der Waals surface area contributed by atoms with Crippen molar-refractivity contribution in [2.24, 2.45) is 0 Å². The summed E-state index contributed by atoms with van der Waals surface area (Å²) in [4.78, 5) is 28.6. The average molecular weight is 375 g/mol. The second kappa shape index (κ2) is 9.30. The number of nitrogens with one attached hydrogen (secondary N) is 1.